The molecule has 0 aromatic carbocycles. The zero-order chi connectivity index (χ0) is 22.4. The first kappa shape index (κ1) is 22.9. The van der Waals surface area contributed by atoms with Gasteiger partial charge in [-0.15, -0.1) is 0 Å². The summed E-state index contributed by atoms with van der Waals surface area (Å²) in [4.78, 5) is 45.4. The van der Waals surface area contributed by atoms with Gasteiger partial charge in [-0.25, -0.2) is 15.1 Å². The quantitative estimate of drug-likeness (QED) is 0.334. The molecule has 2 aliphatic rings. The van der Waals surface area contributed by atoms with E-state index in [1.807, 2.05) is 0 Å². The molecule has 170 valence electrons. The molecule has 1 aromatic rings. The molecule has 3 amide bonds. The maximum absolute atomic E-state index is 13.5. The molecule has 1 aliphatic carbocycles. The number of hydrazine groups is 1. The van der Waals surface area contributed by atoms with E-state index in [9.17, 15) is 19.6 Å². The SMILES string of the molecule is COc1nccc(NC(=O)[C@@H]2CCN(C)N2C(=O)[C@H](CC2CCCC2)CN(O)C=O)n1. The molecule has 1 saturated carbocycles. The monoisotopic (exact) mass is 434 g/mol. The molecule has 0 radical (unpaired) electrons. The minimum Gasteiger partial charge on any atom is -0.467 e. The number of rotatable bonds is 9. The lowest BCUT2D eigenvalue weighted by atomic mass is 9.92. The Morgan fingerprint density at radius 1 is 1.39 bits per heavy atom. The molecule has 3 rings (SSSR count). The van der Waals surface area contributed by atoms with E-state index in [1.54, 1.807) is 18.1 Å². The highest BCUT2D eigenvalue weighted by atomic mass is 16.5. The zero-order valence-electron chi connectivity index (χ0n) is 17.9. The van der Waals surface area contributed by atoms with Crippen molar-refractivity contribution in [3.05, 3.63) is 12.3 Å². The number of carbonyl (C=O) groups is 3. The predicted molar refractivity (Wildman–Crippen MR) is 110 cm³/mol. The van der Waals surface area contributed by atoms with E-state index < -0.39 is 12.0 Å². The van der Waals surface area contributed by atoms with Crippen molar-refractivity contribution in [2.45, 2.75) is 44.6 Å². The summed E-state index contributed by atoms with van der Waals surface area (Å²) in [6, 6.07) is 0.956. The second kappa shape index (κ2) is 10.5. The first-order chi connectivity index (χ1) is 14.9. The first-order valence-corrected chi connectivity index (χ1v) is 10.6. The summed E-state index contributed by atoms with van der Waals surface area (Å²) in [5.74, 6) is -0.567. The van der Waals surface area contributed by atoms with Gasteiger partial charge in [-0.2, -0.15) is 4.98 Å². The van der Waals surface area contributed by atoms with Crippen LogP contribution in [0.2, 0.25) is 0 Å². The Balaban J connectivity index is 1.74. The molecule has 11 nitrogen and oxygen atoms in total. The molecule has 2 heterocycles. The van der Waals surface area contributed by atoms with Crippen LogP contribution in [-0.2, 0) is 14.4 Å². The van der Waals surface area contributed by atoms with E-state index in [4.69, 9.17) is 4.74 Å². The van der Waals surface area contributed by atoms with Crippen LogP contribution >= 0.6 is 0 Å². The molecule has 1 aliphatic heterocycles. The van der Waals surface area contributed by atoms with Gasteiger partial charge in [0.2, 0.25) is 18.2 Å². The van der Waals surface area contributed by atoms with Crippen LogP contribution in [0.15, 0.2) is 12.3 Å². The third-order valence-corrected chi connectivity index (χ3v) is 5.96. The summed E-state index contributed by atoms with van der Waals surface area (Å²) >= 11 is 0. The molecule has 0 unspecified atom stereocenters. The normalized spacial score (nSPS) is 20.5. The molecular weight excluding hydrogens is 404 g/mol. The molecule has 1 aromatic heterocycles. The summed E-state index contributed by atoms with van der Waals surface area (Å²) in [7, 11) is 3.18. The lowest BCUT2D eigenvalue weighted by Crippen LogP contribution is -2.52. The number of aromatic nitrogens is 2. The van der Waals surface area contributed by atoms with Crippen LogP contribution in [0.3, 0.4) is 0 Å². The van der Waals surface area contributed by atoms with Crippen molar-refractivity contribution in [3.63, 3.8) is 0 Å². The Morgan fingerprint density at radius 2 is 2.13 bits per heavy atom. The summed E-state index contributed by atoms with van der Waals surface area (Å²) in [5.41, 5.74) is 0. The molecule has 2 fully saturated rings. The molecular formula is C20H30N6O5. The van der Waals surface area contributed by atoms with Crippen LogP contribution in [0.4, 0.5) is 5.82 Å². The lowest BCUT2D eigenvalue weighted by molar-refractivity contribution is -0.164. The van der Waals surface area contributed by atoms with Crippen molar-refractivity contribution in [2.75, 3.05) is 32.6 Å². The number of methoxy groups -OCH3 is 1. The predicted octanol–water partition coefficient (Wildman–Crippen LogP) is 0.915. The molecule has 11 heteroatoms. The lowest BCUT2D eigenvalue weighted by Gasteiger charge is -2.33. The molecule has 31 heavy (non-hydrogen) atoms. The van der Waals surface area contributed by atoms with Crippen molar-refractivity contribution in [1.29, 1.82) is 0 Å². The first-order valence-electron chi connectivity index (χ1n) is 10.6. The van der Waals surface area contributed by atoms with Gasteiger partial charge in [0, 0.05) is 19.8 Å². The minimum absolute atomic E-state index is 0.0966. The van der Waals surface area contributed by atoms with Gasteiger partial charge in [-0.3, -0.25) is 24.6 Å². The van der Waals surface area contributed by atoms with Gasteiger partial charge in [-0.1, -0.05) is 25.7 Å². The number of hydroxylamine groups is 2. The maximum atomic E-state index is 13.5. The number of nitrogens with zero attached hydrogens (tertiary/aromatic N) is 5. The van der Waals surface area contributed by atoms with Gasteiger partial charge in [0.15, 0.2) is 0 Å². The van der Waals surface area contributed by atoms with E-state index in [2.05, 4.69) is 15.3 Å². The highest BCUT2D eigenvalue weighted by Crippen LogP contribution is 2.32. The van der Waals surface area contributed by atoms with Crippen LogP contribution in [0.5, 0.6) is 6.01 Å². The number of hydrogen-bond donors (Lipinski definition) is 2. The van der Waals surface area contributed by atoms with E-state index in [1.165, 1.54) is 18.3 Å². The third-order valence-electron chi connectivity index (χ3n) is 5.96. The van der Waals surface area contributed by atoms with Crippen molar-refractivity contribution < 1.29 is 24.3 Å². The zero-order valence-corrected chi connectivity index (χ0v) is 17.9. The van der Waals surface area contributed by atoms with E-state index >= 15 is 0 Å². The number of amides is 3. The summed E-state index contributed by atoms with van der Waals surface area (Å²) in [5, 5.41) is 16.2. The van der Waals surface area contributed by atoms with Crippen LogP contribution < -0.4 is 10.1 Å². The fourth-order valence-electron chi connectivity index (χ4n) is 4.42. The van der Waals surface area contributed by atoms with Gasteiger partial charge < -0.3 is 10.1 Å². The van der Waals surface area contributed by atoms with Gasteiger partial charge in [0.05, 0.1) is 19.6 Å². The summed E-state index contributed by atoms with van der Waals surface area (Å²) < 4.78 is 4.98. The summed E-state index contributed by atoms with van der Waals surface area (Å²) in [6.45, 7) is 0.435. The smallest absolute Gasteiger partial charge is 0.318 e. The number of nitrogens with one attached hydrogen (secondary N) is 1. The third kappa shape index (κ3) is 5.67. The topological polar surface area (TPSA) is 128 Å². The fourth-order valence-corrected chi connectivity index (χ4v) is 4.42. The Hall–Kier alpha value is -2.79. The highest BCUT2D eigenvalue weighted by molar-refractivity contribution is 5.97. The van der Waals surface area contributed by atoms with Gasteiger partial charge >= 0.3 is 6.01 Å². The number of hydrogen-bond acceptors (Lipinski definition) is 8. The summed E-state index contributed by atoms with van der Waals surface area (Å²) in [6.07, 6.45) is 7.12. The number of carbonyl (C=O) groups excluding carboxylic acids is 3. The fraction of sp³-hybridized carbons (Fsp3) is 0.650. The van der Waals surface area contributed by atoms with Crippen molar-refractivity contribution in [1.82, 2.24) is 25.0 Å². The second-order valence-electron chi connectivity index (χ2n) is 8.10. The maximum Gasteiger partial charge on any atom is 0.318 e. The van der Waals surface area contributed by atoms with Crippen LogP contribution in [-0.4, -0.2) is 81.8 Å². The number of anilines is 1. The van der Waals surface area contributed by atoms with Crippen molar-refractivity contribution in [2.24, 2.45) is 11.8 Å². The molecule has 0 bridgehead atoms. The standard InChI is InChI=1S/C20H30N6O5/c1-24-10-8-16(18(28)22-17-7-9-21-20(23-17)31-2)26(24)19(29)15(12-25(30)13-27)11-14-5-3-4-6-14/h7,9,13-16,30H,3-6,8,10-12H2,1-2H3,(H,21,22,23,28)/t15-,16+/m1/s1. The van der Waals surface area contributed by atoms with E-state index in [-0.39, 0.29) is 30.2 Å². The van der Waals surface area contributed by atoms with Crippen LogP contribution in [0.25, 0.3) is 0 Å². The molecule has 1 saturated heterocycles. The average molecular weight is 434 g/mol. The Labute approximate surface area is 181 Å². The van der Waals surface area contributed by atoms with Gasteiger partial charge in [0.1, 0.15) is 11.9 Å². The molecule has 2 atom stereocenters. The van der Waals surface area contributed by atoms with Crippen LogP contribution in [0, 0.1) is 11.8 Å². The van der Waals surface area contributed by atoms with Gasteiger partial charge in [-0.05, 0) is 24.8 Å². The average Bonchev–Trinajstić information content (AvgIpc) is 3.42. The van der Waals surface area contributed by atoms with E-state index in [0.717, 1.165) is 25.7 Å². The molecule has 2 N–H and O–H groups in total. The molecule has 0 spiro atoms. The Kier molecular flexibility index (Phi) is 7.75. The highest BCUT2D eigenvalue weighted by Gasteiger charge is 2.41. The minimum atomic E-state index is -0.715. The largest absolute Gasteiger partial charge is 0.467 e. The Morgan fingerprint density at radius 3 is 2.81 bits per heavy atom. The van der Waals surface area contributed by atoms with Gasteiger partial charge in [0.25, 0.3) is 0 Å². The van der Waals surface area contributed by atoms with Crippen molar-refractivity contribution >= 4 is 24.0 Å². The van der Waals surface area contributed by atoms with Crippen LogP contribution in [0.1, 0.15) is 38.5 Å². The Bertz CT molecular complexity index is 787. The second-order valence-corrected chi connectivity index (χ2v) is 8.10. The van der Waals surface area contributed by atoms with E-state index in [0.29, 0.717) is 36.8 Å². The number of ether oxygens (including phenoxy) is 1. The van der Waals surface area contributed by atoms with Crippen molar-refractivity contribution in [3.8, 4) is 6.01 Å².